The van der Waals surface area contributed by atoms with Crippen molar-refractivity contribution in [1.29, 1.82) is 5.26 Å². The lowest BCUT2D eigenvalue weighted by atomic mass is 10.00. The molecule has 5 nitrogen and oxygen atoms in total. The van der Waals surface area contributed by atoms with E-state index in [4.69, 9.17) is 5.26 Å². The second-order valence-corrected chi connectivity index (χ2v) is 6.25. The van der Waals surface area contributed by atoms with Gasteiger partial charge in [0.1, 0.15) is 5.69 Å². The normalized spacial score (nSPS) is 17.2. The summed E-state index contributed by atoms with van der Waals surface area (Å²) in [4.78, 5) is 18.8. The van der Waals surface area contributed by atoms with E-state index in [1.54, 1.807) is 24.4 Å². The third-order valence-corrected chi connectivity index (χ3v) is 4.20. The molecule has 0 bridgehead atoms. The smallest absolute Gasteiger partial charge is 0.272 e. The number of nitrogens with one attached hydrogen (secondary N) is 1. The molecule has 1 saturated heterocycles. The molecule has 1 fully saturated rings. The molecule has 1 N–H and O–H groups in total. The number of hydrogen-bond donors (Lipinski definition) is 1. The third kappa shape index (κ3) is 3.72. The zero-order chi connectivity index (χ0) is 16.9. The quantitative estimate of drug-likeness (QED) is 0.938. The maximum absolute atomic E-state index is 12.6. The summed E-state index contributed by atoms with van der Waals surface area (Å²) in [5.74, 6) is 0.522. The maximum Gasteiger partial charge on any atom is 0.272 e. The average molecular weight is 320 g/mol. The lowest BCUT2D eigenvalue weighted by Crippen LogP contribution is -2.39. The van der Waals surface area contributed by atoms with Gasteiger partial charge >= 0.3 is 0 Å². The van der Waals surface area contributed by atoms with E-state index in [0.717, 1.165) is 30.9 Å². The Morgan fingerprint density at radius 1 is 1.33 bits per heavy atom. The van der Waals surface area contributed by atoms with E-state index in [2.05, 4.69) is 23.3 Å². The number of pyridine rings is 1. The van der Waals surface area contributed by atoms with Gasteiger partial charge in [-0.3, -0.25) is 9.78 Å². The Kier molecular flexibility index (Phi) is 4.76. The number of carbonyl (C=O) groups excluding carboxylic acids is 1. The van der Waals surface area contributed by atoms with Crippen LogP contribution in [-0.4, -0.2) is 28.9 Å². The van der Waals surface area contributed by atoms with Crippen molar-refractivity contribution in [1.82, 2.24) is 9.88 Å². The van der Waals surface area contributed by atoms with E-state index >= 15 is 0 Å². The summed E-state index contributed by atoms with van der Waals surface area (Å²) < 4.78 is 0. The van der Waals surface area contributed by atoms with Gasteiger partial charge in [-0.2, -0.15) is 5.26 Å². The number of amides is 1. The first-order chi connectivity index (χ1) is 11.7. The number of benzene rings is 1. The number of carbonyl (C=O) groups is 1. The van der Waals surface area contributed by atoms with E-state index in [1.165, 1.54) is 6.42 Å². The fourth-order valence-corrected chi connectivity index (χ4v) is 2.99. The second kappa shape index (κ2) is 7.14. The Morgan fingerprint density at radius 3 is 2.96 bits per heavy atom. The summed E-state index contributed by atoms with van der Waals surface area (Å²) in [6.45, 7) is 3.77. The third-order valence-electron chi connectivity index (χ3n) is 4.20. The molecule has 0 radical (unpaired) electrons. The van der Waals surface area contributed by atoms with Crippen LogP contribution in [0.15, 0.2) is 42.6 Å². The molecule has 0 aliphatic carbocycles. The monoisotopic (exact) mass is 320 g/mol. The van der Waals surface area contributed by atoms with Crippen LogP contribution in [0.4, 0.5) is 11.4 Å². The van der Waals surface area contributed by atoms with Crippen LogP contribution in [0.3, 0.4) is 0 Å². The van der Waals surface area contributed by atoms with E-state index in [1.807, 2.05) is 23.1 Å². The van der Waals surface area contributed by atoms with Gasteiger partial charge in [0, 0.05) is 30.7 Å². The van der Waals surface area contributed by atoms with Crippen LogP contribution in [-0.2, 0) is 0 Å². The first-order valence-electron chi connectivity index (χ1n) is 8.18. The van der Waals surface area contributed by atoms with Crippen LogP contribution in [0.5, 0.6) is 0 Å². The van der Waals surface area contributed by atoms with Crippen molar-refractivity contribution < 1.29 is 4.79 Å². The molecular formula is C19H20N4O. The number of piperidine rings is 1. The molecule has 1 amide bonds. The van der Waals surface area contributed by atoms with Gasteiger partial charge in [0.05, 0.1) is 11.6 Å². The number of nitriles is 1. The summed E-state index contributed by atoms with van der Waals surface area (Å²) in [6, 6.07) is 12.9. The van der Waals surface area contributed by atoms with E-state index in [-0.39, 0.29) is 5.91 Å². The SMILES string of the molecule is CC1CCCN(C(=O)c2cc(Nc3cccc(C#N)c3)ccn2)C1. The second-order valence-electron chi connectivity index (χ2n) is 6.25. The predicted octanol–water partition coefficient (Wildman–Crippen LogP) is 3.57. The fourth-order valence-electron chi connectivity index (χ4n) is 2.99. The lowest BCUT2D eigenvalue weighted by Gasteiger charge is -2.30. The summed E-state index contributed by atoms with van der Waals surface area (Å²) in [5, 5.41) is 12.2. The molecule has 2 heterocycles. The highest BCUT2D eigenvalue weighted by Gasteiger charge is 2.22. The molecule has 0 saturated carbocycles. The van der Waals surface area contributed by atoms with Crippen molar-refractivity contribution in [2.75, 3.05) is 18.4 Å². The Hall–Kier alpha value is -2.87. The largest absolute Gasteiger partial charge is 0.355 e. The van der Waals surface area contributed by atoms with Crippen LogP contribution in [0.1, 0.15) is 35.8 Å². The van der Waals surface area contributed by atoms with Crippen molar-refractivity contribution in [2.24, 2.45) is 5.92 Å². The lowest BCUT2D eigenvalue weighted by molar-refractivity contribution is 0.0677. The molecule has 3 rings (SSSR count). The fraction of sp³-hybridized carbons (Fsp3) is 0.316. The van der Waals surface area contributed by atoms with Crippen LogP contribution >= 0.6 is 0 Å². The minimum atomic E-state index is -0.0176. The highest BCUT2D eigenvalue weighted by molar-refractivity contribution is 5.93. The molecule has 1 unspecified atom stereocenters. The number of anilines is 2. The topological polar surface area (TPSA) is 69.0 Å². The maximum atomic E-state index is 12.6. The molecule has 122 valence electrons. The number of nitrogens with zero attached hydrogens (tertiary/aromatic N) is 3. The molecule has 1 atom stereocenters. The first-order valence-corrected chi connectivity index (χ1v) is 8.18. The summed E-state index contributed by atoms with van der Waals surface area (Å²) >= 11 is 0. The van der Waals surface area contributed by atoms with E-state index in [0.29, 0.717) is 17.2 Å². The van der Waals surface area contributed by atoms with Gasteiger partial charge in [-0.15, -0.1) is 0 Å². The highest BCUT2D eigenvalue weighted by Crippen LogP contribution is 2.20. The van der Waals surface area contributed by atoms with Gasteiger partial charge in [0.2, 0.25) is 0 Å². The minimum Gasteiger partial charge on any atom is -0.355 e. The molecule has 5 heteroatoms. The Balaban J connectivity index is 1.76. The van der Waals surface area contributed by atoms with Crippen LogP contribution in [0.2, 0.25) is 0 Å². The minimum absolute atomic E-state index is 0.0176. The molecule has 0 spiro atoms. The number of rotatable bonds is 3. The van der Waals surface area contributed by atoms with Gasteiger partial charge in [-0.1, -0.05) is 13.0 Å². The summed E-state index contributed by atoms with van der Waals surface area (Å²) in [6.07, 6.45) is 3.86. The number of aromatic nitrogens is 1. The Bertz CT molecular complexity index is 781. The zero-order valence-electron chi connectivity index (χ0n) is 13.7. The molecule has 1 aliphatic heterocycles. The molecule has 2 aromatic rings. The van der Waals surface area contributed by atoms with Crippen LogP contribution in [0.25, 0.3) is 0 Å². The summed E-state index contributed by atoms with van der Waals surface area (Å²) in [5.41, 5.74) is 2.64. The van der Waals surface area contributed by atoms with Gasteiger partial charge in [0.15, 0.2) is 0 Å². The highest BCUT2D eigenvalue weighted by atomic mass is 16.2. The van der Waals surface area contributed by atoms with E-state index < -0.39 is 0 Å². The van der Waals surface area contributed by atoms with Crippen molar-refractivity contribution in [2.45, 2.75) is 19.8 Å². The van der Waals surface area contributed by atoms with Crippen LogP contribution < -0.4 is 5.32 Å². The summed E-state index contributed by atoms with van der Waals surface area (Å²) in [7, 11) is 0. The van der Waals surface area contributed by atoms with Gasteiger partial charge < -0.3 is 10.2 Å². The van der Waals surface area contributed by atoms with Gasteiger partial charge in [-0.05, 0) is 49.1 Å². The van der Waals surface area contributed by atoms with E-state index in [9.17, 15) is 4.79 Å². The van der Waals surface area contributed by atoms with Crippen molar-refractivity contribution in [3.8, 4) is 6.07 Å². The van der Waals surface area contributed by atoms with Crippen molar-refractivity contribution in [3.63, 3.8) is 0 Å². The predicted molar refractivity (Wildman–Crippen MR) is 93.0 cm³/mol. The molecule has 24 heavy (non-hydrogen) atoms. The zero-order valence-corrected chi connectivity index (χ0v) is 13.7. The molecule has 1 aliphatic rings. The number of hydrogen-bond acceptors (Lipinski definition) is 4. The van der Waals surface area contributed by atoms with Crippen LogP contribution in [0, 0.1) is 17.2 Å². The van der Waals surface area contributed by atoms with Gasteiger partial charge in [0.25, 0.3) is 5.91 Å². The standard InChI is InChI=1S/C19H20N4O/c1-14-4-3-9-23(13-14)19(24)18-11-17(7-8-21-18)22-16-6-2-5-15(10-16)12-20/h2,5-8,10-11,14H,3-4,9,13H2,1H3,(H,21,22). The molecule has 1 aromatic carbocycles. The van der Waals surface area contributed by atoms with Crippen molar-refractivity contribution in [3.05, 3.63) is 53.9 Å². The molecule has 1 aromatic heterocycles. The Labute approximate surface area is 141 Å². The Morgan fingerprint density at radius 2 is 2.17 bits per heavy atom. The van der Waals surface area contributed by atoms with Gasteiger partial charge in [-0.25, -0.2) is 0 Å². The molecular weight excluding hydrogens is 300 g/mol. The van der Waals surface area contributed by atoms with Crippen molar-refractivity contribution >= 4 is 17.3 Å². The first kappa shape index (κ1) is 16.0. The average Bonchev–Trinajstić information content (AvgIpc) is 2.61. The number of likely N-dealkylation sites (tertiary alicyclic amines) is 1.